The number of nitrogens with one attached hydrogen (secondary N) is 1. The van der Waals surface area contributed by atoms with Gasteiger partial charge >= 0.3 is 29.6 Å². The summed E-state index contributed by atoms with van der Waals surface area (Å²) in [6.07, 6.45) is 1.69. The normalized spacial score (nSPS) is 11.3. The van der Waals surface area contributed by atoms with Crippen LogP contribution in [0.3, 0.4) is 0 Å². The Balaban J connectivity index is 0. The Kier molecular flexibility index (Phi) is 11.9. The second-order valence-corrected chi connectivity index (χ2v) is 2.93. The van der Waals surface area contributed by atoms with E-state index in [2.05, 4.69) is 5.32 Å². The smallest absolute Gasteiger partial charge is 0.548 e. The summed E-state index contributed by atoms with van der Waals surface area (Å²) in [5, 5.41) is 12.8. The van der Waals surface area contributed by atoms with Crippen molar-refractivity contribution in [3.05, 3.63) is 0 Å². The summed E-state index contributed by atoms with van der Waals surface area (Å²) in [4.78, 5) is 21.4. The molecule has 0 saturated heterocycles. The summed E-state index contributed by atoms with van der Waals surface area (Å²) in [5.74, 6) is -1.78. The molecule has 0 aromatic carbocycles. The summed E-state index contributed by atoms with van der Waals surface area (Å²) < 4.78 is 0. The number of unbranched alkanes of at least 4 members (excludes halogenated alkanes) is 1. The fourth-order valence-electron chi connectivity index (χ4n) is 0.995. The van der Waals surface area contributed by atoms with Crippen LogP contribution in [0.25, 0.3) is 0 Å². The Labute approximate surface area is 111 Å². The molecule has 1 atom stereocenters. The van der Waals surface area contributed by atoms with Crippen LogP contribution in [-0.4, -0.2) is 31.0 Å². The molecule has 1 amide bonds. The van der Waals surface area contributed by atoms with E-state index in [4.69, 9.17) is 11.5 Å². The van der Waals surface area contributed by atoms with Gasteiger partial charge in [0.15, 0.2) is 0 Å². The summed E-state index contributed by atoms with van der Waals surface area (Å²) >= 11 is 0. The molecule has 0 aliphatic heterocycles. The molecule has 82 valence electrons. The van der Waals surface area contributed by atoms with Crippen LogP contribution < -0.4 is 51.4 Å². The summed E-state index contributed by atoms with van der Waals surface area (Å²) in [7, 11) is 0. The van der Waals surface area contributed by atoms with Gasteiger partial charge in [-0.05, 0) is 25.8 Å². The maximum Gasteiger partial charge on any atom is 1.00 e. The number of carbonyl (C=O) groups is 2. The molecule has 0 aliphatic rings. The number of hydrogen-bond donors (Lipinski definition) is 3. The number of hydrogen-bond acceptors (Lipinski definition) is 5. The maximum atomic E-state index is 10.8. The number of carboxylic acids is 1. The first-order chi connectivity index (χ1) is 6.61. The monoisotopic (exact) mass is 225 g/mol. The second-order valence-electron chi connectivity index (χ2n) is 2.93. The first-order valence-electron chi connectivity index (χ1n) is 4.52. The average molecular weight is 225 g/mol. The zero-order valence-electron chi connectivity index (χ0n) is 8.99. The van der Waals surface area contributed by atoms with E-state index >= 15 is 0 Å². The maximum absolute atomic E-state index is 10.8. The van der Waals surface area contributed by atoms with Gasteiger partial charge in [-0.25, -0.2) is 0 Å². The minimum atomic E-state index is -1.29. The second kappa shape index (κ2) is 10.4. The van der Waals surface area contributed by atoms with Crippen molar-refractivity contribution in [1.29, 1.82) is 0 Å². The minimum absolute atomic E-state index is 0. The first-order valence-corrected chi connectivity index (χ1v) is 4.52. The van der Waals surface area contributed by atoms with E-state index in [-0.39, 0.29) is 36.1 Å². The van der Waals surface area contributed by atoms with Gasteiger partial charge in [0.25, 0.3) is 0 Å². The molecule has 0 saturated carbocycles. The zero-order valence-corrected chi connectivity index (χ0v) is 11.0. The topological polar surface area (TPSA) is 121 Å². The molecule has 0 aromatic heterocycles. The van der Waals surface area contributed by atoms with Crippen molar-refractivity contribution in [3.8, 4) is 0 Å². The molecule has 0 fully saturated rings. The van der Waals surface area contributed by atoms with E-state index in [1.54, 1.807) is 0 Å². The standard InChI is InChI=1S/C8H17N3O3.Na/c9-4-2-1-3-6(8(13)14)11-7(12)5-10;/h6H,1-5,9-10H2,(H,11,12)(H,13,14);/q;+1/p-1/t6-;/m0./s1. The summed E-state index contributed by atoms with van der Waals surface area (Å²) in [6, 6.07) is -0.961. The number of carbonyl (C=O) groups excluding carboxylic acids is 2. The van der Waals surface area contributed by atoms with Gasteiger partial charge in [-0.2, -0.15) is 0 Å². The van der Waals surface area contributed by atoms with Crippen LogP contribution in [0.1, 0.15) is 19.3 Å². The van der Waals surface area contributed by atoms with Crippen LogP contribution in [0.5, 0.6) is 0 Å². The van der Waals surface area contributed by atoms with Crippen molar-refractivity contribution in [2.24, 2.45) is 11.5 Å². The van der Waals surface area contributed by atoms with Gasteiger partial charge in [0.2, 0.25) is 5.91 Å². The molecular weight excluding hydrogens is 209 g/mol. The number of rotatable bonds is 7. The molecule has 6 nitrogen and oxygen atoms in total. The fourth-order valence-corrected chi connectivity index (χ4v) is 0.995. The van der Waals surface area contributed by atoms with E-state index in [0.717, 1.165) is 6.42 Å². The van der Waals surface area contributed by atoms with Crippen molar-refractivity contribution in [2.45, 2.75) is 25.3 Å². The Hall–Kier alpha value is -0.140. The third-order valence-corrected chi connectivity index (χ3v) is 1.75. The van der Waals surface area contributed by atoms with Gasteiger partial charge in [0.05, 0.1) is 18.6 Å². The Bertz CT molecular complexity index is 202. The summed E-state index contributed by atoms with van der Waals surface area (Å²) in [5.41, 5.74) is 10.3. The van der Waals surface area contributed by atoms with E-state index < -0.39 is 17.9 Å². The van der Waals surface area contributed by atoms with Crippen molar-refractivity contribution in [2.75, 3.05) is 13.1 Å². The molecule has 15 heavy (non-hydrogen) atoms. The van der Waals surface area contributed by atoms with Crippen LogP contribution in [0.2, 0.25) is 0 Å². The number of nitrogens with two attached hydrogens (primary N) is 2. The third kappa shape index (κ3) is 8.83. The molecule has 0 spiro atoms. The molecule has 0 radical (unpaired) electrons. The summed E-state index contributed by atoms with van der Waals surface area (Å²) in [6.45, 7) is 0.283. The first kappa shape index (κ1) is 17.3. The van der Waals surface area contributed by atoms with Crippen molar-refractivity contribution in [3.63, 3.8) is 0 Å². The van der Waals surface area contributed by atoms with Crippen LogP contribution in [0, 0.1) is 0 Å². The molecule has 0 unspecified atom stereocenters. The molecular formula is C8H16N3NaO3. The van der Waals surface area contributed by atoms with E-state index in [1.165, 1.54) is 0 Å². The van der Waals surface area contributed by atoms with Gasteiger partial charge in [-0.1, -0.05) is 0 Å². The molecule has 0 heterocycles. The molecule has 0 aliphatic carbocycles. The van der Waals surface area contributed by atoms with E-state index in [1.807, 2.05) is 0 Å². The average Bonchev–Trinajstić information content (AvgIpc) is 2.16. The number of amides is 1. The molecule has 0 aromatic rings. The predicted octanol–water partition coefficient (Wildman–Crippen LogP) is -5.69. The van der Waals surface area contributed by atoms with E-state index in [0.29, 0.717) is 19.4 Å². The van der Waals surface area contributed by atoms with Crippen LogP contribution in [0.15, 0.2) is 0 Å². The third-order valence-electron chi connectivity index (χ3n) is 1.75. The van der Waals surface area contributed by atoms with Gasteiger partial charge in [-0.3, -0.25) is 4.79 Å². The van der Waals surface area contributed by atoms with Crippen LogP contribution in [0.4, 0.5) is 0 Å². The molecule has 0 rings (SSSR count). The number of aliphatic carboxylic acids is 1. The van der Waals surface area contributed by atoms with Gasteiger partial charge in [0, 0.05) is 0 Å². The zero-order chi connectivity index (χ0) is 11.0. The fraction of sp³-hybridized carbons (Fsp3) is 0.750. The largest absolute Gasteiger partial charge is 1.00 e. The Morgan fingerprint density at radius 3 is 2.27 bits per heavy atom. The number of carboxylic acid groups (broad SMARTS) is 1. The van der Waals surface area contributed by atoms with Gasteiger partial charge in [-0.15, -0.1) is 0 Å². The van der Waals surface area contributed by atoms with Gasteiger partial charge in [0.1, 0.15) is 0 Å². The molecule has 7 heteroatoms. The van der Waals surface area contributed by atoms with Crippen molar-refractivity contribution >= 4 is 11.9 Å². The SMILES string of the molecule is NCCCC[C@H](NC(=O)CN)C(=O)[O-].[Na+]. The van der Waals surface area contributed by atoms with Crippen LogP contribution in [-0.2, 0) is 9.59 Å². The van der Waals surface area contributed by atoms with Gasteiger partial charge < -0.3 is 26.7 Å². The predicted molar refractivity (Wildman–Crippen MR) is 48.9 cm³/mol. The molecule has 0 bridgehead atoms. The van der Waals surface area contributed by atoms with E-state index in [9.17, 15) is 14.7 Å². The molecule has 5 N–H and O–H groups in total. The minimum Gasteiger partial charge on any atom is -0.548 e. The van der Waals surface area contributed by atoms with Crippen molar-refractivity contribution < 1.29 is 44.3 Å². The Morgan fingerprint density at radius 1 is 1.27 bits per heavy atom. The van der Waals surface area contributed by atoms with Crippen molar-refractivity contribution in [1.82, 2.24) is 5.32 Å². The van der Waals surface area contributed by atoms with Crippen LogP contribution >= 0.6 is 0 Å². The Morgan fingerprint density at radius 2 is 1.87 bits per heavy atom. The quantitative estimate of drug-likeness (QED) is 0.294.